The van der Waals surface area contributed by atoms with Crippen molar-refractivity contribution in [2.45, 2.75) is 13.8 Å². The molecular weight excluding hydrogens is 350 g/mol. The first kappa shape index (κ1) is 17.8. The van der Waals surface area contributed by atoms with Crippen LogP contribution in [-0.2, 0) is 7.05 Å². The predicted octanol–water partition coefficient (Wildman–Crippen LogP) is 2.85. The summed E-state index contributed by atoms with van der Waals surface area (Å²) in [6, 6.07) is 5.28. The van der Waals surface area contributed by atoms with E-state index in [-0.39, 0.29) is 17.8 Å². The molecule has 26 heavy (non-hydrogen) atoms. The summed E-state index contributed by atoms with van der Waals surface area (Å²) in [5, 5.41) is 9.10. The molecule has 0 aromatic carbocycles. The standard InChI is InChI=1S/C18H19N5O2S/c1-4-19-17(25)13-9-15(23(3)11(13)2)14-5-7-20-18(21-14)22-16(24)12-6-8-26-10-12/h5-10H,4H2,1-3H3,(H,19,25)(H,20,21,22,24). The molecule has 0 saturated carbocycles. The number of nitrogens with zero attached hydrogens (tertiary/aromatic N) is 3. The van der Waals surface area contributed by atoms with Crippen molar-refractivity contribution in [2.24, 2.45) is 7.05 Å². The summed E-state index contributed by atoms with van der Waals surface area (Å²) in [7, 11) is 1.87. The molecule has 0 spiro atoms. The van der Waals surface area contributed by atoms with Crippen LogP contribution in [-0.4, -0.2) is 32.9 Å². The predicted molar refractivity (Wildman–Crippen MR) is 101 cm³/mol. The van der Waals surface area contributed by atoms with Crippen LogP contribution in [0.3, 0.4) is 0 Å². The normalized spacial score (nSPS) is 10.6. The van der Waals surface area contributed by atoms with Gasteiger partial charge in [0, 0.05) is 30.9 Å². The van der Waals surface area contributed by atoms with Crippen molar-refractivity contribution in [2.75, 3.05) is 11.9 Å². The lowest BCUT2D eigenvalue weighted by Gasteiger charge is -2.07. The molecule has 3 heterocycles. The second-order valence-corrected chi connectivity index (χ2v) is 6.46. The van der Waals surface area contributed by atoms with E-state index in [4.69, 9.17) is 0 Å². The zero-order chi connectivity index (χ0) is 18.7. The maximum Gasteiger partial charge on any atom is 0.258 e. The Morgan fingerprint density at radius 1 is 1.27 bits per heavy atom. The number of aromatic nitrogens is 3. The lowest BCUT2D eigenvalue weighted by atomic mass is 10.2. The zero-order valence-corrected chi connectivity index (χ0v) is 15.6. The van der Waals surface area contributed by atoms with E-state index in [9.17, 15) is 9.59 Å². The number of carbonyl (C=O) groups is 2. The summed E-state index contributed by atoms with van der Waals surface area (Å²) in [5.74, 6) is -0.154. The van der Waals surface area contributed by atoms with E-state index in [0.717, 1.165) is 11.4 Å². The molecule has 8 heteroatoms. The van der Waals surface area contributed by atoms with Crippen molar-refractivity contribution in [3.63, 3.8) is 0 Å². The number of thiophene rings is 1. The number of rotatable bonds is 5. The average molecular weight is 369 g/mol. The van der Waals surface area contributed by atoms with Crippen molar-refractivity contribution in [3.8, 4) is 11.4 Å². The second kappa shape index (κ2) is 7.49. The van der Waals surface area contributed by atoms with Crippen LogP contribution in [0.25, 0.3) is 11.4 Å². The zero-order valence-electron chi connectivity index (χ0n) is 14.7. The van der Waals surface area contributed by atoms with Crippen molar-refractivity contribution in [3.05, 3.63) is 52.0 Å². The van der Waals surface area contributed by atoms with Gasteiger partial charge in [-0.1, -0.05) is 0 Å². The van der Waals surface area contributed by atoms with Gasteiger partial charge in [0.15, 0.2) is 0 Å². The fourth-order valence-corrected chi connectivity index (χ4v) is 3.20. The second-order valence-electron chi connectivity index (χ2n) is 5.68. The van der Waals surface area contributed by atoms with Gasteiger partial charge < -0.3 is 9.88 Å². The first-order chi connectivity index (χ1) is 12.5. The number of hydrogen-bond donors (Lipinski definition) is 2. The van der Waals surface area contributed by atoms with Crippen LogP contribution in [0.4, 0.5) is 5.95 Å². The molecule has 0 atom stereocenters. The van der Waals surface area contributed by atoms with E-state index in [0.29, 0.717) is 23.4 Å². The van der Waals surface area contributed by atoms with Gasteiger partial charge in [-0.3, -0.25) is 14.9 Å². The van der Waals surface area contributed by atoms with Gasteiger partial charge in [0.1, 0.15) is 0 Å². The van der Waals surface area contributed by atoms with Crippen molar-refractivity contribution >= 4 is 29.1 Å². The highest BCUT2D eigenvalue weighted by Crippen LogP contribution is 2.24. The quantitative estimate of drug-likeness (QED) is 0.724. The van der Waals surface area contributed by atoms with E-state index < -0.39 is 0 Å². The van der Waals surface area contributed by atoms with Gasteiger partial charge in [-0.25, -0.2) is 9.97 Å². The van der Waals surface area contributed by atoms with Crippen molar-refractivity contribution in [1.29, 1.82) is 0 Å². The minimum absolute atomic E-state index is 0.119. The molecule has 7 nitrogen and oxygen atoms in total. The Hall–Kier alpha value is -3.00. The maximum absolute atomic E-state index is 12.2. The molecule has 0 saturated heterocycles. The first-order valence-electron chi connectivity index (χ1n) is 8.12. The largest absolute Gasteiger partial charge is 0.352 e. The van der Waals surface area contributed by atoms with Gasteiger partial charge in [-0.2, -0.15) is 11.3 Å². The molecule has 0 radical (unpaired) electrons. The number of anilines is 1. The summed E-state index contributed by atoms with van der Waals surface area (Å²) in [4.78, 5) is 32.9. The molecule has 0 fully saturated rings. The Morgan fingerprint density at radius 3 is 2.77 bits per heavy atom. The lowest BCUT2D eigenvalue weighted by molar-refractivity contribution is 0.0954. The molecular formula is C18H19N5O2S. The van der Waals surface area contributed by atoms with E-state index in [1.54, 1.807) is 29.8 Å². The highest BCUT2D eigenvalue weighted by molar-refractivity contribution is 7.08. The topological polar surface area (TPSA) is 88.9 Å². The first-order valence-corrected chi connectivity index (χ1v) is 9.07. The van der Waals surface area contributed by atoms with Crippen LogP contribution in [0.1, 0.15) is 33.3 Å². The molecule has 0 unspecified atom stereocenters. The third kappa shape index (κ3) is 3.50. The Labute approximate surface area is 155 Å². The summed E-state index contributed by atoms with van der Waals surface area (Å²) in [6.07, 6.45) is 1.58. The molecule has 0 aliphatic heterocycles. The number of carbonyl (C=O) groups excluding carboxylic acids is 2. The minimum Gasteiger partial charge on any atom is -0.352 e. The van der Waals surface area contributed by atoms with Crippen LogP contribution in [0, 0.1) is 6.92 Å². The van der Waals surface area contributed by atoms with Crippen LogP contribution < -0.4 is 10.6 Å². The van der Waals surface area contributed by atoms with Crippen LogP contribution in [0.5, 0.6) is 0 Å². The van der Waals surface area contributed by atoms with Crippen LogP contribution in [0.2, 0.25) is 0 Å². The highest BCUT2D eigenvalue weighted by Gasteiger charge is 2.17. The minimum atomic E-state index is -0.255. The Balaban J connectivity index is 1.90. The molecule has 2 amide bonds. The molecule has 3 aromatic heterocycles. The van der Waals surface area contributed by atoms with Crippen molar-refractivity contribution in [1.82, 2.24) is 19.9 Å². The molecule has 134 valence electrons. The van der Waals surface area contributed by atoms with E-state index in [1.165, 1.54) is 11.3 Å². The highest BCUT2D eigenvalue weighted by atomic mass is 32.1. The van der Waals surface area contributed by atoms with Gasteiger partial charge in [-0.05, 0) is 37.4 Å². The Morgan fingerprint density at radius 2 is 2.08 bits per heavy atom. The van der Waals surface area contributed by atoms with Gasteiger partial charge in [0.25, 0.3) is 11.8 Å². The SMILES string of the molecule is CCNC(=O)c1cc(-c2ccnc(NC(=O)c3ccsc3)n2)n(C)c1C. The summed E-state index contributed by atoms with van der Waals surface area (Å²) in [6.45, 7) is 4.33. The van der Waals surface area contributed by atoms with Crippen LogP contribution >= 0.6 is 11.3 Å². The monoisotopic (exact) mass is 369 g/mol. The lowest BCUT2D eigenvalue weighted by Crippen LogP contribution is -2.23. The molecule has 0 aliphatic carbocycles. The van der Waals surface area contributed by atoms with Crippen LogP contribution in [0.15, 0.2) is 35.2 Å². The number of nitrogens with one attached hydrogen (secondary N) is 2. The molecule has 0 aliphatic rings. The number of hydrogen-bond acceptors (Lipinski definition) is 5. The third-order valence-corrected chi connectivity index (χ3v) is 4.73. The van der Waals surface area contributed by atoms with Gasteiger partial charge in [-0.15, -0.1) is 0 Å². The van der Waals surface area contributed by atoms with Gasteiger partial charge in [0.2, 0.25) is 5.95 Å². The van der Waals surface area contributed by atoms with E-state index in [1.807, 2.05) is 30.8 Å². The molecule has 3 rings (SSSR count). The van der Waals surface area contributed by atoms with E-state index >= 15 is 0 Å². The third-order valence-electron chi connectivity index (χ3n) is 4.04. The van der Waals surface area contributed by atoms with Gasteiger partial charge in [0.05, 0.1) is 22.5 Å². The number of amides is 2. The molecule has 3 aromatic rings. The Bertz CT molecular complexity index is 947. The molecule has 2 N–H and O–H groups in total. The van der Waals surface area contributed by atoms with Gasteiger partial charge >= 0.3 is 0 Å². The maximum atomic E-state index is 12.2. The fraction of sp³-hybridized carbons (Fsp3) is 0.222. The fourth-order valence-electron chi connectivity index (χ4n) is 2.56. The summed E-state index contributed by atoms with van der Waals surface area (Å²) < 4.78 is 1.90. The summed E-state index contributed by atoms with van der Waals surface area (Å²) in [5.41, 5.74) is 3.41. The average Bonchev–Trinajstić information content (AvgIpc) is 3.25. The Kier molecular flexibility index (Phi) is 5.13. The smallest absolute Gasteiger partial charge is 0.258 e. The summed E-state index contributed by atoms with van der Waals surface area (Å²) >= 11 is 1.45. The molecule has 0 bridgehead atoms. The van der Waals surface area contributed by atoms with E-state index in [2.05, 4.69) is 20.6 Å². The van der Waals surface area contributed by atoms with Crippen molar-refractivity contribution < 1.29 is 9.59 Å².